The Hall–Kier alpha value is -0.720. The van der Waals surface area contributed by atoms with Crippen LogP contribution in [0.1, 0.15) is 52.4 Å². The first-order valence-corrected chi connectivity index (χ1v) is 6.16. The molecular weight excluding hydrogens is 184 g/mol. The van der Waals surface area contributed by atoms with Crippen LogP contribution in [-0.2, 0) is 4.74 Å². The van der Waals surface area contributed by atoms with Crippen LogP contribution in [0.4, 0.5) is 0 Å². The molecule has 2 aliphatic carbocycles. The maximum Gasteiger partial charge on any atom is 0.114 e. The molecule has 1 saturated carbocycles. The minimum absolute atomic E-state index is 0.204. The summed E-state index contributed by atoms with van der Waals surface area (Å²) < 4.78 is 6.23. The van der Waals surface area contributed by atoms with Crippen molar-refractivity contribution in [3.63, 3.8) is 0 Å². The monoisotopic (exact) mass is 204 g/mol. The third kappa shape index (κ3) is 1.53. The van der Waals surface area contributed by atoms with Crippen LogP contribution in [0.15, 0.2) is 23.5 Å². The molecule has 1 spiro atoms. The van der Waals surface area contributed by atoms with E-state index in [1.54, 1.807) is 0 Å². The maximum atomic E-state index is 6.23. The molecule has 0 bridgehead atoms. The van der Waals surface area contributed by atoms with E-state index < -0.39 is 0 Å². The van der Waals surface area contributed by atoms with Crippen molar-refractivity contribution in [3.05, 3.63) is 23.5 Å². The van der Waals surface area contributed by atoms with Crippen molar-refractivity contribution in [2.45, 2.75) is 58.0 Å². The van der Waals surface area contributed by atoms with Gasteiger partial charge in [0.15, 0.2) is 0 Å². The molecule has 0 aromatic rings. The molecule has 0 aromatic carbocycles. The highest BCUT2D eigenvalue weighted by Crippen LogP contribution is 2.57. The molecule has 3 rings (SSSR count). The molecule has 0 N–H and O–H groups in total. The van der Waals surface area contributed by atoms with Gasteiger partial charge in [-0.2, -0.15) is 0 Å². The first-order chi connectivity index (χ1) is 7.09. The zero-order chi connectivity index (χ0) is 10.5. The molecule has 1 heteroatoms. The van der Waals surface area contributed by atoms with E-state index in [1.807, 2.05) is 0 Å². The fourth-order valence-corrected chi connectivity index (χ4v) is 3.67. The quantitative estimate of drug-likeness (QED) is 0.580. The van der Waals surface area contributed by atoms with Gasteiger partial charge in [0.1, 0.15) is 11.4 Å². The van der Waals surface area contributed by atoms with Crippen LogP contribution >= 0.6 is 0 Å². The highest BCUT2D eigenvalue weighted by Gasteiger charge is 2.54. The Morgan fingerprint density at radius 1 is 1.27 bits per heavy atom. The first kappa shape index (κ1) is 9.50. The SMILES string of the molecule is CC1(C)CC2(CC3=C(CCCC=C3)O2)C1. The van der Waals surface area contributed by atoms with Gasteiger partial charge in [-0.05, 0) is 36.7 Å². The summed E-state index contributed by atoms with van der Waals surface area (Å²) in [6, 6.07) is 0. The average Bonchev–Trinajstić information content (AvgIpc) is 2.27. The van der Waals surface area contributed by atoms with Crippen molar-refractivity contribution in [1.29, 1.82) is 0 Å². The third-order valence-electron chi connectivity index (χ3n) is 3.91. The minimum Gasteiger partial charge on any atom is -0.491 e. The van der Waals surface area contributed by atoms with E-state index in [1.165, 1.54) is 43.4 Å². The molecule has 0 unspecified atom stereocenters. The lowest BCUT2D eigenvalue weighted by Crippen LogP contribution is -2.48. The van der Waals surface area contributed by atoms with Crippen molar-refractivity contribution in [3.8, 4) is 0 Å². The standard InChI is InChI=1S/C14H20O/c1-13(2)9-14(10-13)8-11-6-4-3-5-7-12(11)15-14/h4,6H,3,5,7-10H2,1-2H3. The summed E-state index contributed by atoms with van der Waals surface area (Å²) in [5.74, 6) is 1.30. The normalized spacial score (nSPS) is 30.8. The van der Waals surface area contributed by atoms with Crippen LogP contribution in [0.3, 0.4) is 0 Å². The van der Waals surface area contributed by atoms with Crippen LogP contribution in [0, 0.1) is 5.41 Å². The van der Waals surface area contributed by atoms with E-state index in [2.05, 4.69) is 26.0 Å². The van der Waals surface area contributed by atoms with Crippen LogP contribution in [0.5, 0.6) is 0 Å². The Bertz CT molecular complexity index is 338. The van der Waals surface area contributed by atoms with Gasteiger partial charge in [0.2, 0.25) is 0 Å². The summed E-state index contributed by atoms with van der Waals surface area (Å²) in [6.45, 7) is 4.70. The second-order valence-corrected chi connectivity index (χ2v) is 6.22. The zero-order valence-corrected chi connectivity index (χ0v) is 9.81. The van der Waals surface area contributed by atoms with E-state index in [9.17, 15) is 0 Å². The predicted octanol–water partition coefficient (Wildman–Crippen LogP) is 3.96. The first-order valence-electron chi connectivity index (χ1n) is 6.16. The number of rotatable bonds is 0. The van der Waals surface area contributed by atoms with Gasteiger partial charge in [-0.25, -0.2) is 0 Å². The third-order valence-corrected chi connectivity index (χ3v) is 3.91. The highest BCUT2D eigenvalue weighted by atomic mass is 16.5. The Morgan fingerprint density at radius 2 is 2.07 bits per heavy atom. The van der Waals surface area contributed by atoms with E-state index >= 15 is 0 Å². The summed E-state index contributed by atoms with van der Waals surface area (Å²) in [5, 5.41) is 0. The second kappa shape index (κ2) is 2.90. The molecule has 82 valence electrons. The van der Waals surface area contributed by atoms with E-state index in [4.69, 9.17) is 4.74 Å². The molecule has 0 saturated heterocycles. The van der Waals surface area contributed by atoms with Gasteiger partial charge in [-0.3, -0.25) is 0 Å². The molecular formula is C14H20O. The fourth-order valence-electron chi connectivity index (χ4n) is 3.67. The van der Waals surface area contributed by atoms with Crippen LogP contribution in [-0.4, -0.2) is 5.60 Å². The minimum atomic E-state index is 0.204. The average molecular weight is 204 g/mol. The fraction of sp³-hybridized carbons (Fsp3) is 0.714. The molecule has 1 nitrogen and oxygen atoms in total. The van der Waals surface area contributed by atoms with Crippen molar-refractivity contribution < 1.29 is 4.74 Å². The van der Waals surface area contributed by atoms with Gasteiger partial charge < -0.3 is 4.74 Å². The zero-order valence-electron chi connectivity index (χ0n) is 9.81. The summed E-state index contributed by atoms with van der Waals surface area (Å²) in [6.07, 6.45) is 11.9. The lowest BCUT2D eigenvalue weighted by molar-refractivity contribution is -0.116. The topological polar surface area (TPSA) is 9.23 Å². The molecule has 0 amide bonds. The van der Waals surface area contributed by atoms with E-state index in [0.717, 1.165) is 6.42 Å². The van der Waals surface area contributed by atoms with Crippen molar-refractivity contribution >= 4 is 0 Å². The Morgan fingerprint density at radius 3 is 2.80 bits per heavy atom. The van der Waals surface area contributed by atoms with Crippen molar-refractivity contribution in [1.82, 2.24) is 0 Å². The van der Waals surface area contributed by atoms with Crippen molar-refractivity contribution in [2.24, 2.45) is 5.41 Å². The van der Waals surface area contributed by atoms with Gasteiger partial charge in [0.05, 0.1) is 0 Å². The molecule has 1 aliphatic heterocycles. The number of ether oxygens (including phenoxy) is 1. The molecule has 1 heterocycles. The largest absolute Gasteiger partial charge is 0.491 e. The summed E-state index contributed by atoms with van der Waals surface area (Å²) in [7, 11) is 0. The Labute approximate surface area is 92.2 Å². The summed E-state index contributed by atoms with van der Waals surface area (Å²) in [5.41, 5.74) is 2.20. The van der Waals surface area contributed by atoms with Crippen LogP contribution in [0.25, 0.3) is 0 Å². The van der Waals surface area contributed by atoms with Gasteiger partial charge >= 0.3 is 0 Å². The smallest absolute Gasteiger partial charge is 0.114 e. The molecule has 0 atom stereocenters. The Kier molecular flexibility index (Phi) is 1.84. The van der Waals surface area contributed by atoms with Gasteiger partial charge in [0.25, 0.3) is 0 Å². The molecule has 1 fully saturated rings. The molecule has 3 aliphatic rings. The van der Waals surface area contributed by atoms with Crippen LogP contribution < -0.4 is 0 Å². The molecule has 15 heavy (non-hydrogen) atoms. The van der Waals surface area contributed by atoms with Crippen LogP contribution in [0.2, 0.25) is 0 Å². The van der Waals surface area contributed by atoms with Gasteiger partial charge in [0, 0.05) is 12.8 Å². The number of hydrogen-bond donors (Lipinski definition) is 0. The summed E-state index contributed by atoms with van der Waals surface area (Å²) in [4.78, 5) is 0. The second-order valence-electron chi connectivity index (χ2n) is 6.22. The lowest BCUT2D eigenvalue weighted by atomic mass is 9.60. The molecule has 0 aromatic heterocycles. The summed E-state index contributed by atoms with van der Waals surface area (Å²) >= 11 is 0. The lowest BCUT2D eigenvalue weighted by Gasteiger charge is -2.50. The number of allylic oxidation sites excluding steroid dienone is 3. The number of hydrogen-bond acceptors (Lipinski definition) is 1. The van der Waals surface area contributed by atoms with E-state index in [0.29, 0.717) is 5.41 Å². The predicted molar refractivity (Wildman–Crippen MR) is 61.5 cm³/mol. The highest BCUT2D eigenvalue weighted by molar-refractivity contribution is 5.32. The Balaban J connectivity index is 1.77. The van der Waals surface area contributed by atoms with E-state index in [-0.39, 0.29) is 5.60 Å². The molecule has 0 radical (unpaired) electrons. The maximum absolute atomic E-state index is 6.23. The van der Waals surface area contributed by atoms with Gasteiger partial charge in [-0.15, -0.1) is 0 Å². The van der Waals surface area contributed by atoms with Gasteiger partial charge in [-0.1, -0.05) is 26.0 Å². The van der Waals surface area contributed by atoms with Crippen molar-refractivity contribution in [2.75, 3.05) is 0 Å².